The molecule has 1 aliphatic rings. The monoisotopic (exact) mass is 459 g/mol. The van der Waals surface area contributed by atoms with E-state index in [1.165, 1.54) is 18.0 Å². The summed E-state index contributed by atoms with van der Waals surface area (Å²) >= 11 is 0. The normalized spacial score (nSPS) is 18.0. The number of pyridine rings is 1. The maximum Gasteiger partial charge on any atom is 0.270 e. The molecule has 6 nitrogen and oxygen atoms in total. The number of H-pyrrole nitrogens is 2. The first-order valence-corrected chi connectivity index (χ1v) is 10.1. The van der Waals surface area contributed by atoms with Gasteiger partial charge in [-0.25, -0.2) is 17.6 Å². The van der Waals surface area contributed by atoms with Crippen molar-refractivity contribution in [1.82, 2.24) is 14.9 Å². The van der Waals surface area contributed by atoms with Crippen molar-refractivity contribution in [2.75, 3.05) is 7.05 Å². The molecular weight excluding hydrogens is 442 g/mol. The van der Waals surface area contributed by atoms with Gasteiger partial charge in [-0.3, -0.25) is 9.59 Å². The summed E-state index contributed by atoms with van der Waals surface area (Å²) in [5, 5.41) is 10.7. The fourth-order valence-corrected chi connectivity index (χ4v) is 4.55. The number of carbonyl (C=O) groups is 1. The predicted molar refractivity (Wildman–Crippen MR) is 112 cm³/mol. The first-order chi connectivity index (χ1) is 15.7. The Balaban J connectivity index is 1.63. The van der Waals surface area contributed by atoms with E-state index in [2.05, 4.69) is 9.97 Å². The Morgan fingerprint density at radius 1 is 0.939 bits per heavy atom. The highest BCUT2D eigenvalue weighted by Crippen LogP contribution is 2.41. The number of benzene rings is 2. The molecule has 1 amide bonds. The summed E-state index contributed by atoms with van der Waals surface area (Å²) in [7, 11) is 1.48. The van der Waals surface area contributed by atoms with Crippen molar-refractivity contribution >= 4 is 27.6 Å². The van der Waals surface area contributed by atoms with Gasteiger partial charge in [-0.2, -0.15) is 0 Å². The van der Waals surface area contributed by atoms with Gasteiger partial charge in [0.25, 0.3) is 11.5 Å². The second-order valence-electron chi connectivity index (χ2n) is 8.15. The smallest absolute Gasteiger partial charge is 0.270 e. The fourth-order valence-electron chi connectivity index (χ4n) is 4.55. The summed E-state index contributed by atoms with van der Waals surface area (Å²) in [6.07, 6.45) is -0.562. The molecule has 10 heteroatoms. The number of hydrogen-bond donors (Lipinski definition) is 3. The van der Waals surface area contributed by atoms with E-state index < -0.39 is 46.9 Å². The summed E-state index contributed by atoms with van der Waals surface area (Å²) in [6.45, 7) is 0. The van der Waals surface area contributed by atoms with E-state index >= 15 is 0 Å². The first-order valence-electron chi connectivity index (χ1n) is 10.1. The minimum Gasteiger partial charge on any atom is -0.387 e. The zero-order chi connectivity index (χ0) is 23.6. The average Bonchev–Trinajstić information content (AvgIpc) is 3.18. The Bertz CT molecular complexity index is 1470. The number of nitrogens with zero attached hydrogens (tertiary/aromatic N) is 1. The lowest BCUT2D eigenvalue weighted by Crippen LogP contribution is -2.35. The molecule has 2 atom stereocenters. The van der Waals surface area contributed by atoms with Gasteiger partial charge in [0.2, 0.25) is 0 Å². The average molecular weight is 459 g/mol. The molecule has 33 heavy (non-hydrogen) atoms. The maximum atomic E-state index is 14.1. The largest absolute Gasteiger partial charge is 0.387 e. The highest BCUT2D eigenvalue weighted by molar-refractivity contribution is 5.98. The van der Waals surface area contributed by atoms with Gasteiger partial charge in [0.1, 0.15) is 5.69 Å². The lowest BCUT2D eigenvalue weighted by molar-refractivity contribution is 0.0657. The van der Waals surface area contributed by atoms with E-state index in [0.717, 1.165) is 24.3 Å². The van der Waals surface area contributed by atoms with E-state index in [1.54, 1.807) is 0 Å². The Labute approximate surface area is 183 Å². The molecule has 0 unspecified atom stereocenters. The predicted octanol–water partition coefficient (Wildman–Crippen LogP) is 4.21. The molecule has 0 spiro atoms. The third-order valence-electron chi connectivity index (χ3n) is 6.19. The lowest BCUT2D eigenvalue weighted by Gasteiger charge is -2.35. The van der Waals surface area contributed by atoms with Crippen molar-refractivity contribution in [3.05, 3.63) is 80.9 Å². The van der Waals surface area contributed by atoms with Crippen LogP contribution in [-0.4, -0.2) is 32.9 Å². The van der Waals surface area contributed by atoms with Crippen LogP contribution < -0.4 is 5.56 Å². The number of fused-ring (bicyclic) bond motifs is 4. The Morgan fingerprint density at radius 3 is 2.30 bits per heavy atom. The number of halogens is 4. The third kappa shape index (κ3) is 3.29. The van der Waals surface area contributed by atoms with Gasteiger partial charge in [-0.05, 0) is 42.5 Å². The van der Waals surface area contributed by atoms with Crippen molar-refractivity contribution in [3.63, 3.8) is 0 Å². The molecule has 2 aromatic heterocycles. The molecule has 0 fully saturated rings. The Hall–Kier alpha value is -3.66. The zero-order valence-corrected chi connectivity index (χ0v) is 17.2. The second-order valence-corrected chi connectivity index (χ2v) is 8.15. The SMILES string of the molecule is CN(C(=O)c1cc2cc(F)c(F)cc2[nH]1)[C@H]1CC[C@H](O)c2[nH]c(=O)c3cc(F)c(F)cc3c21. The fraction of sp³-hybridized carbons (Fsp3) is 0.217. The summed E-state index contributed by atoms with van der Waals surface area (Å²) in [6, 6.07) is 4.28. The molecule has 0 saturated heterocycles. The maximum absolute atomic E-state index is 14.1. The molecule has 0 bridgehead atoms. The number of carbonyl (C=O) groups excluding carboxylic acids is 1. The Kier molecular flexibility index (Phi) is 4.78. The summed E-state index contributed by atoms with van der Waals surface area (Å²) in [5.41, 5.74) is 0.0612. The minimum absolute atomic E-state index is 0.0659. The first kappa shape index (κ1) is 21.2. The van der Waals surface area contributed by atoms with Gasteiger partial charge < -0.3 is 20.0 Å². The number of nitrogens with one attached hydrogen (secondary N) is 2. The molecule has 4 aromatic rings. The van der Waals surface area contributed by atoms with Gasteiger partial charge in [-0.1, -0.05) is 0 Å². The van der Waals surface area contributed by atoms with Gasteiger partial charge in [0.05, 0.1) is 23.2 Å². The number of aliphatic hydroxyl groups excluding tert-OH is 1. The molecule has 2 aromatic carbocycles. The quantitative estimate of drug-likeness (QED) is 0.393. The number of rotatable bonds is 2. The molecule has 0 aliphatic heterocycles. The van der Waals surface area contributed by atoms with Crippen molar-refractivity contribution in [3.8, 4) is 0 Å². The van der Waals surface area contributed by atoms with Crippen molar-refractivity contribution in [2.45, 2.75) is 25.0 Å². The number of amides is 1. The van der Waals surface area contributed by atoms with Crippen molar-refractivity contribution in [2.24, 2.45) is 0 Å². The van der Waals surface area contributed by atoms with Crippen molar-refractivity contribution < 1.29 is 27.5 Å². The molecule has 2 heterocycles. The molecule has 1 aliphatic carbocycles. The summed E-state index contributed by atoms with van der Waals surface area (Å²) < 4.78 is 55.0. The van der Waals surface area contributed by atoms with Gasteiger partial charge >= 0.3 is 0 Å². The van der Waals surface area contributed by atoms with Crippen LogP contribution in [0.3, 0.4) is 0 Å². The van der Waals surface area contributed by atoms with Crippen LogP contribution in [0.5, 0.6) is 0 Å². The van der Waals surface area contributed by atoms with Crippen LogP contribution in [0.2, 0.25) is 0 Å². The van der Waals surface area contributed by atoms with Crippen LogP contribution in [0, 0.1) is 23.3 Å². The van der Waals surface area contributed by atoms with Crippen LogP contribution in [-0.2, 0) is 0 Å². The molecular formula is C23H17F4N3O3. The van der Waals surface area contributed by atoms with Crippen LogP contribution in [0.25, 0.3) is 21.7 Å². The molecule has 0 saturated carbocycles. The van der Waals surface area contributed by atoms with E-state index in [-0.39, 0.29) is 40.5 Å². The zero-order valence-electron chi connectivity index (χ0n) is 17.2. The third-order valence-corrected chi connectivity index (χ3v) is 6.19. The van der Waals surface area contributed by atoms with Crippen LogP contribution in [0.15, 0.2) is 35.1 Å². The van der Waals surface area contributed by atoms with Gasteiger partial charge in [0, 0.05) is 29.6 Å². The van der Waals surface area contributed by atoms with Crippen LogP contribution in [0.4, 0.5) is 17.6 Å². The van der Waals surface area contributed by atoms with E-state index in [1.807, 2.05) is 0 Å². The lowest BCUT2D eigenvalue weighted by atomic mass is 9.85. The van der Waals surface area contributed by atoms with Crippen LogP contribution >= 0.6 is 0 Å². The van der Waals surface area contributed by atoms with E-state index in [0.29, 0.717) is 10.9 Å². The summed E-state index contributed by atoms with van der Waals surface area (Å²) in [4.78, 5) is 32.3. The number of aliphatic hydroxyl groups is 1. The van der Waals surface area contributed by atoms with Gasteiger partial charge in [0.15, 0.2) is 23.3 Å². The Morgan fingerprint density at radius 2 is 1.58 bits per heavy atom. The highest BCUT2D eigenvalue weighted by atomic mass is 19.2. The molecule has 3 N–H and O–H groups in total. The second kappa shape index (κ2) is 7.45. The molecule has 170 valence electrons. The molecule has 5 rings (SSSR count). The number of aromatic amines is 2. The van der Waals surface area contributed by atoms with Crippen LogP contribution in [0.1, 0.15) is 46.7 Å². The standard InChI is InChI=1S/C23H17F4N3O3/c1-30(23(33)17-5-9-4-12(24)15(27)8-16(9)28-17)18-2-3-19(31)21-20(18)10-6-13(25)14(26)7-11(10)22(32)29-21/h4-8,18-19,28,31H,2-3H2,1H3,(H,29,32)/t18-,19-/m0/s1. The number of hydrogen-bond acceptors (Lipinski definition) is 3. The van der Waals surface area contributed by atoms with Crippen molar-refractivity contribution in [1.29, 1.82) is 0 Å². The summed E-state index contributed by atoms with van der Waals surface area (Å²) in [5.74, 6) is -4.99. The number of aromatic nitrogens is 2. The van der Waals surface area contributed by atoms with Gasteiger partial charge in [-0.15, -0.1) is 0 Å². The topological polar surface area (TPSA) is 89.2 Å². The minimum atomic E-state index is -1.19. The van der Waals surface area contributed by atoms with E-state index in [4.69, 9.17) is 0 Å². The highest BCUT2D eigenvalue weighted by Gasteiger charge is 2.34. The van der Waals surface area contributed by atoms with E-state index in [9.17, 15) is 32.3 Å². The molecule has 0 radical (unpaired) electrons.